The molecule has 0 spiro atoms. The molecule has 2 aromatic rings. The Morgan fingerprint density at radius 1 is 1.53 bits per heavy atom. The standard InChI is InChI=1S/C14H17N3O2/c1-9-16-11-7-10(3-4-12(11)19-9)17(2)13(18)14(8-15)5-6-14/h3-4,7H,5-6,8,15H2,1-2H3. The molecule has 1 heterocycles. The van der Waals surface area contributed by atoms with Gasteiger partial charge in [0, 0.05) is 26.2 Å². The van der Waals surface area contributed by atoms with E-state index in [2.05, 4.69) is 4.98 Å². The maximum absolute atomic E-state index is 12.4. The van der Waals surface area contributed by atoms with Crippen molar-refractivity contribution in [2.45, 2.75) is 19.8 Å². The lowest BCUT2D eigenvalue weighted by Gasteiger charge is -2.22. The average molecular weight is 259 g/mol. The van der Waals surface area contributed by atoms with Gasteiger partial charge in [-0.3, -0.25) is 4.79 Å². The van der Waals surface area contributed by atoms with E-state index in [4.69, 9.17) is 10.2 Å². The fourth-order valence-corrected chi connectivity index (χ4v) is 2.37. The second kappa shape index (κ2) is 4.06. The van der Waals surface area contributed by atoms with E-state index in [0.29, 0.717) is 12.4 Å². The quantitative estimate of drug-likeness (QED) is 0.912. The first kappa shape index (κ1) is 12.2. The van der Waals surface area contributed by atoms with Gasteiger partial charge in [0.1, 0.15) is 5.52 Å². The van der Waals surface area contributed by atoms with Gasteiger partial charge in [0.05, 0.1) is 5.41 Å². The SMILES string of the molecule is Cc1nc2cc(N(C)C(=O)C3(CN)CC3)ccc2o1. The van der Waals surface area contributed by atoms with E-state index in [-0.39, 0.29) is 11.3 Å². The van der Waals surface area contributed by atoms with E-state index in [9.17, 15) is 4.79 Å². The molecule has 0 atom stereocenters. The Bertz CT molecular complexity index is 643. The largest absolute Gasteiger partial charge is 0.441 e. The van der Waals surface area contributed by atoms with E-state index >= 15 is 0 Å². The molecule has 5 nitrogen and oxygen atoms in total. The fourth-order valence-electron chi connectivity index (χ4n) is 2.37. The van der Waals surface area contributed by atoms with Crippen LogP contribution in [0.25, 0.3) is 11.1 Å². The van der Waals surface area contributed by atoms with Gasteiger partial charge in [-0.1, -0.05) is 0 Å². The molecule has 3 rings (SSSR count). The van der Waals surface area contributed by atoms with Crippen molar-refractivity contribution in [1.82, 2.24) is 4.98 Å². The van der Waals surface area contributed by atoms with Crippen molar-refractivity contribution in [1.29, 1.82) is 0 Å². The van der Waals surface area contributed by atoms with Crippen LogP contribution in [-0.2, 0) is 4.79 Å². The molecule has 2 N–H and O–H groups in total. The Balaban J connectivity index is 1.93. The lowest BCUT2D eigenvalue weighted by molar-refractivity contribution is -0.123. The predicted molar refractivity (Wildman–Crippen MR) is 72.9 cm³/mol. The van der Waals surface area contributed by atoms with Gasteiger partial charge < -0.3 is 15.1 Å². The van der Waals surface area contributed by atoms with Gasteiger partial charge >= 0.3 is 0 Å². The lowest BCUT2D eigenvalue weighted by atomic mass is 10.1. The van der Waals surface area contributed by atoms with E-state index < -0.39 is 0 Å². The van der Waals surface area contributed by atoms with E-state index in [1.54, 1.807) is 11.9 Å². The summed E-state index contributed by atoms with van der Waals surface area (Å²) in [5.41, 5.74) is 7.71. The van der Waals surface area contributed by atoms with E-state index in [1.165, 1.54) is 0 Å². The number of anilines is 1. The van der Waals surface area contributed by atoms with Crippen LogP contribution >= 0.6 is 0 Å². The predicted octanol–water partition coefficient (Wildman–Crippen LogP) is 1.84. The number of nitrogens with zero attached hydrogens (tertiary/aromatic N) is 2. The molecule has 0 radical (unpaired) electrons. The summed E-state index contributed by atoms with van der Waals surface area (Å²) in [4.78, 5) is 18.4. The molecule has 1 fully saturated rings. The Morgan fingerprint density at radius 2 is 2.26 bits per heavy atom. The molecular weight excluding hydrogens is 242 g/mol. The summed E-state index contributed by atoms with van der Waals surface area (Å²) in [6.07, 6.45) is 1.77. The highest BCUT2D eigenvalue weighted by Crippen LogP contribution is 2.46. The number of hydrogen-bond acceptors (Lipinski definition) is 4. The molecule has 1 amide bonds. The van der Waals surface area contributed by atoms with Gasteiger partial charge in [0.15, 0.2) is 11.5 Å². The highest BCUT2D eigenvalue weighted by atomic mass is 16.3. The third-order valence-electron chi connectivity index (χ3n) is 3.87. The first-order valence-electron chi connectivity index (χ1n) is 6.41. The third-order valence-corrected chi connectivity index (χ3v) is 3.87. The van der Waals surface area contributed by atoms with Gasteiger partial charge in [-0.05, 0) is 31.0 Å². The first-order valence-corrected chi connectivity index (χ1v) is 6.41. The summed E-state index contributed by atoms with van der Waals surface area (Å²) in [6.45, 7) is 2.23. The van der Waals surface area contributed by atoms with Crippen molar-refractivity contribution in [3.63, 3.8) is 0 Å². The molecule has 19 heavy (non-hydrogen) atoms. The number of oxazole rings is 1. The van der Waals surface area contributed by atoms with Crippen LogP contribution in [0.3, 0.4) is 0 Å². The number of aryl methyl sites for hydroxylation is 1. The van der Waals surface area contributed by atoms with Crippen LogP contribution in [0, 0.1) is 12.3 Å². The number of aromatic nitrogens is 1. The Kier molecular flexibility index (Phi) is 2.60. The highest BCUT2D eigenvalue weighted by Gasteiger charge is 2.50. The van der Waals surface area contributed by atoms with Crippen LogP contribution in [0.5, 0.6) is 0 Å². The minimum absolute atomic E-state index is 0.0922. The molecule has 0 aliphatic heterocycles. The second-order valence-corrected chi connectivity index (χ2v) is 5.23. The van der Waals surface area contributed by atoms with Crippen LogP contribution in [-0.4, -0.2) is 24.5 Å². The zero-order valence-corrected chi connectivity index (χ0v) is 11.1. The van der Waals surface area contributed by atoms with Crippen molar-refractivity contribution in [2.75, 3.05) is 18.5 Å². The van der Waals surface area contributed by atoms with Crippen LogP contribution in [0.2, 0.25) is 0 Å². The van der Waals surface area contributed by atoms with Gasteiger partial charge in [-0.2, -0.15) is 0 Å². The van der Waals surface area contributed by atoms with Crippen LogP contribution < -0.4 is 10.6 Å². The molecule has 5 heteroatoms. The molecule has 0 bridgehead atoms. The van der Waals surface area contributed by atoms with Gasteiger partial charge in [-0.25, -0.2) is 4.98 Å². The highest BCUT2D eigenvalue weighted by molar-refractivity contribution is 6.00. The molecule has 0 saturated heterocycles. The van der Waals surface area contributed by atoms with Crippen LogP contribution in [0.15, 0.2) is 22.6 Å². The molecule has 1 aliphatic carbocycles. The molecule has 1 aromatic heterocycles. The second-order valence-electron chi connectivity index (χ2n) is 5.23. The van der Waals surface area contributed by atoms with Crippen molar-refractivity contribution >= 4 is 22.7 Å². The van der Waals surface area contributed by atoms with Crippen molar-refractivity contribution < 1.29 is 9.21 Å². The number of carbonyl (C=O) groups is 1. The van der Waals surface area contributed by atoms with Crippen molar-refractivity contribution in [3.8, 4) is 0 Å². The van der Waals surface area contributed by atoms with Gasteiger partial charge in [0.25, 0.3) is 0 Å². The average Bonchev–Trinajstić information content (AvgIpc) is 3.12. The molecule has 1 aromatic carbocycles. The number of fused-ring (bicyclic) bond motifs is 1. The summed E-state index contributed by atoms with van der Waals surface area (Å²) in [7, 11) is 1.78. The number of hydrogen-bond donors (Lipinski definition) is 1. The number of amides is 1. The molecular formula is C14H17N3O2. The summed E-state index contributed by atoms with van der Waals surface area (Å²) in [6, 6.07) is 5.59. The monoisotopic (exact) mass is 259 g/mol. The minimum Gasteiger partial charge on any atom is -0.441 e. The minimum atomic E-state index is -0.330. The zero-order chi connectivity index (χ0) is 13.6. The lowest BCUT2D eigenvalue weighted by Crippen LogP contribution is -2.38. The maximum Gasteiger partial charge on any atom is 0.234 e. The molecule has 1 aliphatic rings. The number of nitrogens with two attached hydrogens (primary N) is 1. The zero-order valence-electron chi connectivity index (χ0n) is 11.1. The summed E-state index contributed by atoms with van der Waals surface area (Å²) >= 11 is 0. The summed E-state index contributed by atoms with van der Waals surface area (Å²) < 4.78 is 5.43. The summed E-state index contributed by atoms with van der Waals surface area (Å²) in [5, 5.41) is 0. The van der Waals surface area contributed by atoms with Gasteiger partial charge in [0.2, 0.25) is 5.91 Å². The van der Waals surface area contributed by atoms with E-state index in [0.717, 1.165) is 29.6 Å². The van der Waals surface area contributed by atoms with Crippen molar-refractivity contribution in [3.05, 3.63) is 24.1 Å². The smallest absolute Gasteiger partial charge is 0.234 e. The summed E-state index contributed by atoms with van der Waals surface area (Å²) in [5.74, 6) is 0.719. The first-order chi connectivity index (χ1) is 9.05. The van der Waals surface area contributed by atoms with Crippen LogP contribution in [0.4, 0.5) is 5.69 Å². The Morgan fingerprint density at radius 3 is 2.89 bits per heavy atom. The van der Waals surface area contributed by atoms with Crippen molar-refractivity contribution in [2.24, 2.45) is 11.1 Å². The topological polar surface area (TPSA) is 72.4 Å². The normalized spacial score (nSPS) is 16.6. The molecule has 1 saturated carbocycles. The van der Waals surface area contributed by atoms with Gasteiger partial charge in [-0.15, -0.1) is 0 Å². The third kappa shape index (κ3) is 1.90. The van der Waals surface area contributed by atoms with Crippen LogP contribution in [0.1, 0.15) is 18.7 Å². The number of rotatable bonds is 3. The van der Waals surface area contributed by atoms with E-state index in [1.807, 2.05) is 25.1 Å². The fraction of sp³-hybridized carbons (Fsp3) is 0.429. The number of benzene rings is 1. The Labute approximate surface area is 111 Å². The number of carbonyl (C=O) groups excluding carboxylic acids is 1. The molecule has 100 valence electrons. The maximum atomic E-state index is 12.4. The Hall–Kier alpha value is -1.88. The molecule has 0 unspecified atom stereocenters.